The molecule has 0 saturated heterocycles. The van der Waals surface area contributed by atoms with Crippen molar-refractivity contribution in [2.45, 2.75) is 71.1 Å². The van der Waals surface area contributed by atoms with E-state index in [0.29, 0.717) is 12.0 Å². The Morgan fingerprint density at radius 2 is 1.49 bits per heavy atom. The van der Waals surface area contributed by atoms with Crippen molar-refractivity contribution in [2.24, 2.45) is 5.92 Å². The highest BCUT2D eigenvalue weighted by Crippen LogP contribution is 2.29. The highest BCUT2D eigenvalue weighted by Gasteiger charge is 2.27. The summed E-state index contributed by atoms with van der Waals surface area (Å²) in [6.07, 6.45) is 8.77. The number of rotatable bonds is 11. The maximum absolute atomic E-state index is 12.8. The normalized spacial score (nSPS) is 13.3. The lowest BCUT2D eigenvalue weighted by Crippen LogP contribution is -2.20. The molecular formula is C28H32O7. The van der Waals surface area contributed by atoms with Crippen molar-refractivity contribution >= 4 is 23.7 Å². The molecule has 186 valence electrons. The van der Waals surface area contributed by atoms with Crippen LogP contribution in [0.25, 0.3) is 0 Å². The second-order valence-corrected chi connectivity index (χ2v) is 8.81. The average molecular weight is 481 g/mol. The van der Waals surface area contributed by atoms with Crippen LogP contribution in [-0.2, 0) is 14.6 Å². The Labute approximate surface area is 205 Å². The monoisotopic (exact) mass is 480 g/mol. The number of Topliss-reactive ketones (excluding diaryl/α,β-unsaturated/α-hetero) is 1. The molecule has 0 bridgehead atoms. The standard InChI is InChI=1S/C28H32O7/c1-2-3-4-5-9-16-24(29)22-17-18-25(33-26(30)20-14-10-11-15-20)23(19-22)28(32)35-34-27(31)21-12-7-6-8-13-21/h6-8,12-13,17-20H,2-5,9-11,14-16H2,1H3. The molecule has 0 atom stereocenters. The minimum atomic E-state index is -1.03. The van der Waals surface area contributed by atoms with E-state index in [1.165, 1.54) is 24.3 Å². The van der Waals surface area contributed by atoms with Crippen LogP contribution in [0.1, 0.15) is 102 Å². The molecule has 35 heavy (non-hydrogen) atoms. The zero-order chi connectivity index (χ0) is 25.0. The first kappa shape index (κ1) is 26.1. The molecule has 7 heteroatoms. The summed E-state index contributed by atoms with van der Waals surface area (Å²) < 4.78 is 5.51. The maximum Gasteiger partial charge on any atom is 0.390 e. The van der Waals surface area contributed by atoms with Gasteiger partial charge in [0.1, 0.15) is 11.3 Å². The van der Waals surface area contributed by atoms with Crippen LogP contribution < -0.4 is 4.74 Å². The first-order valence-electron chi connectivity index (χ1n) is 12.4. The summed E-state index contributed by atoms with van der Waals surface area (Å²) >= 11 is 0. The second-order valence-electron chi connectivity index (χ2n) is 8.81. The fourth-order valence-corrected chi connectivity index (χ4v) is 4.08. The van der Waals surface area contributed by atoms with Crippen molar-refractivity contribution in [3.63, 3.8) is 0 Å². The van der Waals surface area contributed by atoms with E-state index in [2.05, 4.69) is 6.92 Å². The molecule has 0 spiro atoms. The van der Waals surface area contributed by atoms with Crippen LogP contribution in [0.5, 0.6) is 5.75 Å². The number of ketones is 1. The van der Waals surface area contributed by atoms with Gasteiger partial charge in [0.05, 0.1) is 11.5 Å². The summed E-state index contributed by atoms with van der Waals surface area (Å²) in [6, 6.07) is 12.4. The molecule has 0 aliphatic heterocycles. The third-order valence-corrected chi connectivity index (χ3v) is 6.13. The number of hydrogen-bond donors (Lipinski definition) is 0. The molecular weight excluding hydrogens is 448 g/mol. The topological polar surface area (TPSA) is 96.0 Å². The highest BCUT2D eigenvalue weighted by molar-refractivity contribution is 6.01. The summed E-state index contributed by atoms with van der Waals surface area (Å²) in [5, 5.41) is 0. The quantitative estimate of drug-likeness (QED) is 0.0936. The summed E-state index contributed by atoms with van der Waals surface area (Å²) in [6.45, 7) is 2.13. The fourth-order valence-electron chi connectivity index (χ4n) is 4.08. The second kappa shape index (κ2) is 13.4. The number of carbonyl (C=O) groups excluding carboxylic acids is 4. The Hall–Kier alpha value is -3.48. The number of esters is 1. The van der Waals surface area contributed by atoms with Crippen molar-refractivity contribution in [3.8, 4) is 5.75 Å². The maximum atomic E-state index is 12.8. The molecule has 7 nitrogen and oxygen atoms in total. The zero-order valence-corrected chi connectivity index (χ0v) is 20.1. The molecule has 0 amide bonds. The predicted molar refractivity (Wildman–Crippen MR) is 129 cm³/mol. The van der Waals surface area contributed by atoms with Crippen LogP contribution >= 0.6 is 0 Å². The molecule has 1 fully saturated rings. The van der Waals surface area contributed by atoms with E-state index in [-0.39, 0.29) is 28.6 Å². The van der Waals surface area contributed by atoms with Crippen molar-refractivity contribution in [1.29, 1.82) is 0 Å². The Morgan fingerprint density at radius 3 is 2.20 bits per heavy atom. The van der Waals surface area contributed by atoms with Gasteiger partial charge in [-0.25, -0.2) is 19.4 Å². The predicted octanol–water partition coefficient (Wildman–Crippen LogP) is 6.25. The van der Waals surface area contributed by atoms with E-state index in [1.807, 2.05) is 0 Å². The van der Waals surface area contributed by atoms with Crippen LogP contribution in [0.2, 0.25) is 0 Å². The largest absolute Gasteiger partial charge is 0.425 e. The molecule has 0 N–H and O–H groups in total. The average Bonchev–Trinajstić information content (AvgIpc) is 3.43. The Kier molecular flexibility index (Phi) is 10.0. The Bertz CT molecular complexity index is 1020. The molecule has 2 aromatic rings. The number of unbranched alkanes of at least 4 members (excludes halogenated alkanes) is 4. The smallest absolute Gasteiger partial charge is 0.390 e. The zero-order valence-electron chi connectivity index (χ0n) is 20.1. The van der Waals surface area contributed by atoms with Crippen LogP contribution in [0.3, 0.4) is 0 Å². The molecule has 0 unspecified atom stereocenters. The lowest BCUT2D eigenvalue weighted by molar-refractivity contribution is -0.187. The molecule has 3 rings (SSSR count). The van der Waals surface area contributed by atoms with Gasteiger partial charge in [0, 0.05) is 12.0 Å². The number of benzene rings is 2. The van der Waals surface area contributed by atoms with Gasteiger partial charge in [-0.2, -0.15) is 0 Å². The van der Waals surface area contributed by atoms with E-state index >= 15 is 0 Å². The lowest BCUT2D eigenvalue weighted by atomic mass is 10.0. The Balaban J connectivity index is 1.72. The molecule has 1 aliphatic carbocycles. The molecule has 1 aliphatic rings. The lowest BCUT2D eigenvalue weighted by Gasteiger charge is -2.13. The van der Waals surface area contributed by atoms with Crippen molar-refractivity contribution in [2.75, 3.05) is 0 Å². The van der Waals surface area contributed by atoms with Crippen LogP contribution in [0.4, 0.5) is 0 Å². The van der Waals surface area contributed by atoms with Gasteiger partial charge < -0.3 is 4.74 Å². The summed E-state index contributed by atoms with van der Waals surface area (Å²) in [4.78, 5) is 59.7. The van der Waals surface area contributed by atoms with Gasteiger partial charge in [-0.05, 0) is 49.6 Å². The third-order valence-electron chi connectivity index (χ3n) is 6.13. The number of ether oxygens (including phenoxy) is 1. The van der Waals surface area contributed by atoms with Crippen LogP contribution in [0.15, 0.2) is 48.5 Å². The number of carbonyl (C=O) groups is 4. The Morgan fingerprint density at radius 1 is 0.800 bits per heavy atom. The molecule has 1 saturated carbocycles. The minimum Gasteiger partial charge on any atom is -0.425 e. The van der Waals surface area contributed by atoms with Gasteiger partial charge in [0.15, 0.2) is 5.78 Å². The molecule has 2 aromatic carbocycles. The highest BCUT2D eigenvalue weighted by atomic mass is 17.2. The van der Waals surface area contributed by atoms with Gasteiger partial charge in [0.25, 0.3) is 0 Å². The van der Waals surface area contributed by atoms with Crippen molar-refractivity contribution in [1.82, 2.24) is 0 Å². The molecule has 0 radical (unpaired) electrons. The van der Waals surface area contributed by atoms with Gasteiger partial charge >= 0.3 is 17.9 Å². The first-order chi connectivity index (χ1) is 17.0. The van der Waals surface area contributed by atoms with Gasteiger partial charge in [-0.3, -0.25) is 9.59 Å². The summed E-state index contributed by atoms with van der Waals surface area (Å²) in [7, 11) is 0. The summed E-state index contributed by atoms with van der Waals surface area (Å²) in [5.74, 6) is -2.66. The van der Waals surface area contributed by atoms with Gasteiger partial charge in [-0.15, -0.1) is 0 Å². The fraction of sp³-hybridized carbons (Fsp3) is 0.429. The van der Waals surface area contributed by atoms with Crippen LogP contribution in [0, 0.1) is 5.92 Å². The van der Waals surface area contributed by atoms with Gasteiger partial charge in [-0.1, -0.05) is 63.6 Å². The van der Waals surface area contributed by atoms with E-state index in [9.17, 15) is 19.2 Å². The number of hydrogen-bond acceptors (Lipinski definition) is 7. The van der Waals surface area contributed by atoms with E-state index in [4.69, 9.17) is 14.5 Å². The van der Waals surface area contributed by atoms with Crippen molar-refractivity contribution < 1.29 is 33.7 Å². The van der Waals surface area contributed by atoms with E-state index < -0.39 is 17.9 Å². The molecule has 0 heterocycles. The van der Waals surface area contributed by atoms with Gasteiger partial charge in [0.2, 0.25) is 0 Å². The van der Waals surface area contributed by atoms with Crippen LogP contribution in [-0.4, -0.2) is 23.7 Å². The van der Waals surface area contributed by atoms with E-state index in [0.717, 1.165) is 57.8 Å². The molecule has 0 aromatic heterocycles. The third kappa shape index (κ3) is 7.77. The van der Waals surface area contributed by atoms with E-state index in [1.54, 1.807) is 24.3 Å². The SMILES string of the molecule is CCCCCCCC(=O)c1ccc(OC(=O)C2CCCC2)c(C(=O)OOC(=O)c2ccccc2)c1. The van der Waals surface area contributed by atoms with Crippen molar-refractivity contribution in [3.05, 3.63) is 65.2 Å². The minimum absolute atomic E-state index is 0.0258. The summed E-state index contributed by atoms with van der Waals surface area (Å²) in [5.41, 5.74) is 0.372. The first-order valence-corrected chi connectivity index (χ1v) is 12.4.